The molecule has 1 aliphatic heterocycles. The molecule has 0 bridgehead atoms. The number of nitrogens with zero attached hydrogens (tertiary/aromatic N) is 1. The van der Waals surface area contributed by atoms with Crippen LogP contribution in [0.5, 0.6) is 0 Å². The molecule has 2 rings (SSSR count). The number of hydrogen-bond acceptors (Lipinski definition) is 4. The summed E-state index contributed by atoms with van der Waals surface area (Å²) in [5.41, 5.74) is 0.798. The smallest absolute Gasteiger partial charge is 0.241 e. The Labute approximate surface area is 113 Å². The second kappa shape index (κ2) is 6.65. The lowest BCUT2D eigenvalue weighted by molar-refractivity contribution is -0.125. The first-order chi connectivity index (χ1) is 9.20. The summed E-state index contributed by atoms with van der Waals surface area (Å²) in [4.78, 5) is 14.2. The number of nitrogens with one attached hydrogen (secondary N) is 1. The van der Waals surface area contributed by atoms with Gasteiger partial charge in [0.05, 0.1) is 25.4 Å². The van der Waals surface area contributed by atoms with Crippen LogP contribution < -0.4 is 5.32 Å². The number of carbonyl (C=O) groups excluding carboxylic acids is 1. The van der Waals surface area contributed by atoms with Gasteiger partial charge < -0.3 is 15.2 Å². The van der Waals surface area contributed by atoms with E-state index >= 15 is 0 Å². The minimum absolute atomic E-state index is 0.0104. The number of para-hydroxylation sites is 1. The first kappa shape index (κ1) is 14.0. The monoisotopic (exact) mass is 264 g/mol. The topological polar surface area (TPSA) is 61.8 Å². The maximum Gasteiger partial charge on any atom is 0.241 e. The van der Waals surface area contributed by atoms with Crippen LogP contribution in [0.3, 0.4) is 0 Å². The van der Waals surface area contributed by atoms with Gasteiger partial charge in [0.25, 0.3) is 0 Å². The molecule has 0 spiro atoms. The second-order valence-electron chi connectivity index (χ2n) is 4.70. The quantitative estimate of drug-likeness (QED) is 0.840. The normalized spacial score (nSPS) is 21.9. The fourth-order valence-corrected chi connectivity index (χ4v) is 2.14. The van der Waals surface area contributed by atoms with Crippen molar-refractivity contribution in [3.8, 4) is 0 Å². The van der Waals surface area contributed by atoms with Gasteiger partial charge in [0.15, 0.2) is 0 Å². The largest absolute Gasteiger partial charge is 0.394 e. The van der Waals surface area contributed by atoms with Gasteiger partial charge in [0.2, 0.25) is 5.91 Å². The van der Waals surface area contributed by atoms with Crippen molar-refractivity contribution in [2.24, 2.45) is 0 Å². The fourth-order valence-electron chi connectivity index (χ4n) is 2.14. The van der Waals surface area contributed by atoms with E-state index in [0.29, 0.717) is 19.7 Å². The first-order valence-corrected chi connectivity index (χ1v) is 6.53. The number of amides is 1. The molecular weight excluding hydrogens is 244 g/mol. The molecule has 0 aromatic heterocycles. The van der Waals surface area contributed by atoms with E-state index in [1.54, 1.807) is 0 Å². The van der Waals surface area contributed by atoms with Crippen molar-refractivity contribution in [3.05, 3.63) is 30.3 Å². The van der Waals surface area contributed by atoms with Crippen LogP contribution in [0.1, 0.15) is 6.92 Å². The zero-order chi connectivity index (χ0) is 13.7. The van der Waals surface area contributed by atoms with Crippen molar-refractivity contribution in [1.29, 1.82) is 0 Å². The van der Waals surface area contributed by atoms with E-state index in [-0.39, 0.29) is 24.7 Å². The van der Waals surface area contributed by atoms with Gasteiger partial charge in [0, 0.05) is 18.8 Å². The van der Waals surface area contributed by atoms with Gasteiger partial charge in [-0.25, -0.2) is 0 Å². The minimum atomic E-state index is -0.238. The standard InChI is InChI=1S/C14H20N2O3/c1-11(16-7-8-19-13(9-16)10-17)14(18)15-12-5-3-2-4-6-12/h2-6,11,13,17H,7-10H2,1H3,(H,15,18). The average molecular weight is 264 g/mol. The van der Waals surface area contributed by atoms with Crippen molar-refractivity contribution in [2.75, 3.05) is 31.6 Å². The summed E-state index contributed by atoms with van der Waals surface area (Å²) in [6.07, 6.45) is -0.194. The predicted molar refractivity (Wildman–Crippen MR) is 72.9 cm³/mol. The molecule has 5 heteroatoms. The van der Waals surface area contributed by atoms with E-state index in [9.17, 15) is 4.79 Å². The molecule has 0 radical (unpaired) electrons. The Morgan fingerprint density at radius 3 is 2.95 bits per heavy atom. The van der Waals surface area contributed by atoms with E-state index in [2.05, 4.69) is 5.32 Å². The molecule has 2 N–H and O–H groups in total. The van der Waals surface area contributed by atoms with Crippen molar-refractivity contribution in [1.82, 2.24) is 4.90 Å². The van der Waals surface area contributed by atoms with Crippen LogP contribution in [0.4, 0.5) is 5.69 Å². The molecule has 19 heavy (non-hydrogen) atoms. The summed E-state index contributed by atoms with van der Waals surface area (Å²) in [5.74, 6) is -0.0372. The summed E-state index contributed by atoms with van der Waals surface area (Å²) < 4.78 is 5.38. The second-order valence-corrected chi connectivity index (χ2v) is 4.70. The Bertz CT molecular complexity index is 410. The lowest BCUT2D eigenvalue weighted by Gasteiger charge is -2.35. The molecule has 0 aliphatic carbocycles. The Morgan fingerprint density at radius 1 is 1.53 bits per heavy atom. The predicted octanol–water partition coefficient (Wildman–Crippen LogP) is 0.707. The van der Waals surface area contributed by atoms with Gasteiger partial charge in [-0.15, -0.1) is 0 Å². The fraction of sp³-hybridized carbons (Fsp3) is 0.500. The van der Waals surface area contributed by atoms with E-state index in [1.807, 2.05) is 42.2 Å². The number of anilines is 1. The van der Waals surface area contributed by atoms with Crippen LogP contribution in [-0.2, 0) is 9.53 Å². The van der Waals surface area contributed by atoms with Gasteiger partial charge in [-0.3, -0.25) is 9.69 Å². The number of aliphatic hydroxyl groups excluding tert-OH is 1. The number of ether oxygens (including phenoxy) is 1. The molecule has 1 heterocycles. The summed E-state index contributed by atoms with van der Waals surface area (Å²) in [7, 11) is 0. The van der Waals surface area contributed by atoms with Gasteiger partial charge >= 0.3 is 0 Å². The Balaban J connectivity index is 1.91. The lowest BCUT2D eigenvalue weighted by atomic mass is 10.2. The van der Waals surface area contributed by atoms with Crippen molar-refractivity contribution in [3.63, 3.8) is 0 Å². The SMILES string of the molecule is CC(C(=O)Nc1ccccc1)N1CCOC(CO)C1. The first-order valence-electron chi connectivity index (χ1n) is 6.53. The number of hydrogen-bond donors (Lipinski definition) is 2. The summed E-state index contributed by atoms with van der Waals surface area (Å²) in [6, 6.07) is 9.17. The zero-order valence-corrected chi connectivity index (χ0v) is 11.1. The van der Waals surface area contributed by atoms with Crippen LogP contribution >= 0.6 is 0 Å². The molecule has 1 amide bonds. The molecule has 5 nitrogen and oxygen atoms in total. The number of morpholine rings is 1. The van der Waals surface area contributed by atoms with Crippen LogP contribution in [0.25, 0.3) is 0 Å². The maximum absolute atomic E-state index is 12.2. The highest BCUT2D eigenvalue weighted by Crippen LogP contribution is 2.11. The van der Waals surface area contributed by atoms with E-state index in [0.717, 1.165) is 5.69 Å². The third kappa shape index (κ3) is 3.76. The Kier molecular flexibility index (Phi) is 4.90. The molecule has 2 atom stereocenters. The molecule has 0 saturated carbocycles. The van der Waals surface area contributed by atoms with Crippen LogP contribution in [0.15, 0.2) is 30.3 Å². The number of carbonyl (C=O) groups is 1. The maximum atomic E-state index is 12.2. The van der Waals surface area contributed by atoms with Crippen LogP contribution in [0, 0.1) is 0 Å². The van der Waals surface area contributed by atoms with Gasteiger partial charge in [-0.05, 0) is 19.1 Å². The lowest BCUT2D eigenvalue weighted by Crippen LogP contribution is -2.51. The number of aliphatic hydroxyl groups is 1. The van der Waals surface area contributed by atoms with Crippen molar-refractivity contribution < 1.29 is 14.6 Å². The van der Waals surface area contributed by atoms with Gasteiger partial charge in [0.1, 0.15) is 0 Å². The van der Waals surface area contributed by atoms with E-state index in [1.165, 1.54) is 0 Å². The van der Waals surface area contributed by atoms with Crippen molar-refractivity contribution in [2.45, 2.75) is 19.1 Å². The molecular formula is C14H20N2O3. The third-order valence-corrected chi connectivity index (χ3v) is 3.34. The Hall–Kier alpha value is -1.43. The molecule has 1 aliphatic rings. The summed E-state index contributed by atoms with van der Waals surface area (Å²) in [6.45, 7) is 3.70. The summed E-state index contributed by atoms with van der Waals surface area (Å²) in [5, 5.41) is 12.0. The van der Waals surface area contributed by atoms with E-state index in [4.69, 9.17) is 9.84 Å². The average Bonchev–Trinajstić information content (AvgIpc) is 2.47. The highest BCUT2D eigenvalue weighted by Gasteiger charge is 2.27. The Morgan fingerprint density at radius 2 is 2.26 bits per heavy atom. The minimum Gasteiger partial charge on any atom is -0.394 e. The van der Waals surface area contributed by atoms with Crippen molar-refractivity contribution >= 4 is 11.6 Å². The van der Waals surface area contributed by atoms with Crippen LogP contribution in [-0.4, -0.2) is 54.4 Å². The summed E-state index contributed by atoms with van der Waals surface area (Å²) >= 11 is 0. The molecule has 1 fully saturated rings. The highest BCUT2D eigenvalue weighted by molar-refractivity contribution is 5.94. The van der Waals surface area contributed by atoms with Crippen LogP contribution in [0.2, 0.25) is 0 Å². The molecule has 2 unspecified atom stereocenters. The third-order valence-electron chi connectivity index (χ3n) is 3.34. The number of benzene rings is 1. The zero-order valence-electron chi connectivity index (χ0n) is 11.1. The number of rotatable bonds is 4. The molecule has 1 aromatic rings. The molecule has 1 saturated heterocycles. The molecule has 104 valence electrons. The van der Waals surface area contributed by atoms with Gasteiger partial charge in [-0.1, -0.05) is 18.2 Å². The molecule has 1 aromatic carbocycles. The highest BCUT2D eigenvalue weighted by atomic mass is 16.5. The van der Waals surface area contributed by atoms with E-state index < -0.39 is 0 Å². The van der Waals surface area contributed by atoms with Gasteiger partial charge in [-0.2, -0.15) is 0 Å².